The van der Waals surface area contributed by atoms with Gasteiger partial charge in [0.05, 0.1) is 13.7 Å². The van der Waals surface area contributed by atoms with Crippen LogP contribution < -0.4 is 14.8 Å². The molecule has 106 valence electrons. The lowest BCUT2D eigenvalue weighted by molar-refractivity contribution is 0.308. The zero-order valence-electron chi connectivity index (χ0n) is 11.8. The third-order valence-electron chi connectivity index (χ3n) is 3.28. The number of methoxy groups -OCH3 is 1. The average molecular weight is 281 g/mol. The van der Waals surface area contributed by atoms with Crippen LogP contribution in [0.4, 0.5) is 0 Å². The van der Waals surface area contributed by atoms with Gasteiger partial charge in [0.1, 0.15) is 0 Å². The molecule has 2 rings (SSSR count). The Morgan fingerprint density at radius 3 is 3.00 bits per heavy atom. The van der Waals surface area contributed by atoms with Crippen molar-refractivity contribution < 1.29 is 9.47 Å². The van der Waals surface area contributed by atoms with Gasteiger partial charge in [-0.2, -0.15) is 11.8 Å². The van der Waals surface area contributed by atoms with Crippen molar-refractivity contribution in [2.75, 3.05) is 26.0 Å². The predicted molar refractivity (Wildman–Crippen MR) is 81.3 cm³/mol. The van der Waals surface area contributed by atoms with Gasteiger partial charge in [-0.15, -0.1) is 0 Å². The fourth-order valence-corrected chi connectivity index (χ4v) is 3.61. The first-order valence-corrected chi connectivity index (χ1v) is 8.01. The average Bonchev–Trinajstić information content (AvgIpc) is 2.93. The van der Waals surface area contributed by atoms with Gasteiger partial charge in [-0.25, -0.2) is 0 Å². The number of thioether (sulfide) groups is 1. The second-order valence-corrected chi connectivity index (χ2v) is 6.06. The van der Waals surface area contributed by atoms with Crippen molar-refractivity contribution in [3.05, 3.63) is 23.8 Å². The molecule has 0 aliphatic carbocycles. The molecule has 1 saturated heterocycles. The highest BCUT2D eigenvalue weighted by atomic mass is 32.2. The maximum Gasteiger partial charge on any atom is 0.165 e. The van der Waals surface area contributed by atoms with E-state index in [-0.39, 0.29) is 0 Å². The lowest BCUT2D eigenvalue weighted by Gasteiger charge is -2.15. The molecule has 0 aromatic heterocycles. The van der Waals surface area contributed by atoms with Gasteiger partial charge in [-0.3, -0.25) is 0 Å². The largest absolute Gasteiger partial charge is 0.493 e. The second kappa shape index (κ2) is 7.65. The molecule has 0 amide bonds. The van der Waals surface area contributed by atoms with Crippen LogP contribution in [0.2, 0.25) is 0 Å². The van der Waals surface area contributed by atoms with Crippen molar-refractivity contribution in [2.45, 2.75) is 31.6 Å². The molecule has 4 heteroatoms. The summed E-state index contributed by atoms with van der Waals surface area (Å²) >= 11 is 2.08. The highest BCUT2D eigenvalue weighted by molar-refractivity contribution is 8.00. The van der Waals surface area contributed by atoms with Crippen molar-refractivity contribution in [3.63, 3.8) is 0 Å². The number of para-hydroxylation sites is 1. The zero-order valence-corrected chi connectivity index (χ0v) is 12.6. The molecular formula is C15H23NO2S. The summed E-state index contributed by atoms with van der Waals surface area (Å²) < 4.78 is 11.1. The first-order chi connectivity index (χ1) is 9.35. The van der Waals surface area contributed by atoms with Crippen molar-refractivity contribution >= 4 is 11.8 Å². The standard InChI is InChI=1S/C15H23NO2S/c1-3-18-14-8-4-6-12(15(14)17-2)10-16-11-13-7-5-9-19-13/h4,6,8,13,16H,3,5,7,9-11H2,1-2H3. The molecule has 1 aromatic carbocycles. The van der Waals surface area contributed by atoms with Crippen molar-refractivity contribution in [2.24, 2.45) is 0 Å². The van der Waals surface area contributed by atoms with Gasteiger partial charge < -0.3 is 14.8 Å². The van der Waals surface area contributed by atoms with E-state index in [4.69, 9.17) is 9.47 Å². The summed E-state index contributed by atoms with van der Waals surface area (Å²) in [6, 6.07) is 6.07. The summed E-state index contributed by atoms with van der Waals surface area (Å²) in [7, 11) is 1.70. The van der Waals surface area contributed by atoms with Gasteiger partial charge in [0.15, 0.2) is 11.5 Å². The summed E-state index contributed by atoms with van der Waals surface area (Å²) in [5.41, 5.74) is 1.16. The first-order valence-electron chi connectivity index (χ1n) is 6.96. The van der Waals surface area contributed by atoms with Crippen LogP contribution in [0, 0.1) is 0 Å². The van der Waals surface area contributed by atoms with Crippen LogP contribution in [0.15, 0.2) is 18.2 Å². The highest BCUT2D eigenvalue weighted by Gasteiger charge is 2.15. The predicted octanol–water partition coefficient (Wildman–Crippen LogP) is 3.08. The number of benzene rings is 1. The molecule has 1 unspecified atom stereocenters. The molecule has 1 atom stereocenters. The number of hydrogen-bond acceptors (Lipinski definition) is 4. The van der Waals surface area contributed by atoms with E-state index >= 15 is 0 Å². The SMILES string of the molecule is CCOc1cccc(CNCC2CCCS2)c1OC. The van der Waals surface area contributed by atoms with E-state index in [0.717, 1.165) is 35.4 Å². The molecule has 1 heterocycles. The lowest BCUT2D eigenvalue weighted by Crippen LogP contribution is -2.22. The molecule has 0 radical (unpaired) electrons. The zero-order chi connectivity index (χ0) is 13.5. The van der Waals surface area contributed by atoms with Crippen LogP contribution in [0.5, 0.6) is 11.5 Å². The van der Waals surface area contributed by atoms with Crippen LogP contribution in [0.1, 0.15) is 25.3 Å². The van der Waals surface area contributed by atoms with Gasteiger partial charge in [0.25, 0.3) is 0 Å². The molecule has 1 aliphatic heterocycles. The fourth-order valence-electron chi connectivity index (χ4n) is 2.37. The number of ether oxygens (including phenoxy) is 2. The Labute approximate surface area is 120 Å². The number of hydrogen-bond donors (Lipinski definition) is 1. The van der Waals surface area contributed by atoms with E-state index < -0.39 is 0 Å². The normalized spacial score (nSPS) is 18.5. The molecule has 1 aromatic rings. The summed E-state index contributed by atoms with van der Waals surface area (Å²) in [5.74, 6) is 3.01. The molecule has 3 nitrogen and oxygen atoms in total. The molecule has 1 fully saturated rings. The Bertz CT molecular complexity index is 392. The van der Waals surface area contributed by atoms with Gasteiger partial charge in [0, 0.05) is 23.9 Å². The Hall–Kier alpha value is -0.870. The molecule has 19 heavy (non-hydrogen) atoms. The van der Waals surface area contributed by atoms with E-state index in [1.807, 2.05) is 19.1 Å². The monoisotopic (exact) mass is 281 g/mol. The quantitative estimate of drug-likeness (QED) is 0.832. The first kappa shape index (κ1) is 14.5. The Balaban J connectivity index is 1.92. The Morgan fingerprint density at radius 1 is 1.42 bits per heavy atom. The van der Waals surface area contributed by atoms with Gasteiger partial charge in [0.2, 0.25) is 0 Å². The van der Waals surface area contributed by atoms with Crippen LogP contribution >= 0.6 is 11.8 Å². The Kier molecular flexibility index (Phi) is 5.86. The van der Waals surface area contributed by atoms with E-state index in [0.29, 0.717) is 6.61 Å². The van der Waals surface area contributed by atoms with E-state index in [2.05, 4.69) is 23.1 Å². The summed E-state index contributed by atoms with van der Waals surface area (Å²) in [4.78, 5) is 0. The number of rotatable bonds is 7. The molecule has 0 spiro atoms. The molecule has 1 aliphatic rings. The Morgan fingerprint density at radius 2 is 2.32 bits per heavy atom. The summed E-state index contributed by atoms with van der Waals surface area (Å²) in [6.07, 6.45) is 2.70. The van der Waals surface area contributed by atoms with Crippen molar-refractivity contribution in [1.82, 2.24) is 5.32 Å². The van der Waals surface area contributed by atoms with Crippen molar-refractivity contribution in [3.8, 4) is 11.5 Å². The smallest absolute Gasteiger partial charge is 0.165 e. The maximum absolute atomic E-state index is 5.59. The summed E-state index contributed by atoms with van der Waals surface area (Å²) in [5, 5.41) is 4.31. The topological polar surface area (TPSA) is 30.5 Å². The lowest BCUT2D eigenvalue weighted by atomic mass is 10.1. The minimum Gasteiger partial charge on any atom is -0.493 e. The van der Waals surface area contributed by atoms with Gasteiger partial charge >= 0.3 is 0 Å². The third-order valence-corrected chi connectivity index (χ3v) is 4.67. The van der Waals surface area contributed by atoms with Crippen LogP contribution in [0.25, 0.3) is 0 Å². The van der Waals surface area contributed by atoms with Gasteiger partial charge in [-0.1, -0.05) is 12.1 Å². The van der Waals surface area contributed by atoms with E-state index in [1.165, 1.54) is 18.6 Å². The third kappa shape index (κ3) is 4.05. The molecule has 0 saturated carbocycles. The van der Waals surface area contributed by atoms with Gasteiger partial charge in [-0.05, 0) is 31.6 Å². The van der Waals surface area contributed by atoms with E-state index in [9.17, 15) is 0 Å². The van der Waals surface area contributed by atoms with Crippen molar-refractivity contribution in [1.29, 1.82) is 0 Å². The maximum atomic E-state index is 5.59. The summed E-state index contributed by atoms with van der Waals surface area (Å²) in [6.45, 7) is 4.56. The van der Waals surface area contributed by atoms with E-state index in [1.54, 1.807) is 7.11 Å². The van der Waals surface area contributed by atoms with Crippen LogP contribution in [-0.2, 0) is 6.54 Å². The van der Waals surface area contributed by atoms with Crippen LogP contribution in [-0.4, -0.2) is 31.3 Å². The fraction of sp³-hybridized carbons (Fsp3) is 0.600. The van der Waals surface area contributed by atoms with Crippen LogP contribution in [0.3, 0.4) is 0 Å². The molecular weight excluding hydrogens is 258 g/mol. The number of nitrogens with one attached hydrogen (secondary N) is 1. The highest BCUT2D eigenvalue weighted by Crippen LogP contribution is 2.31. The minimum absolute atomic E-state index is 0.659. The molecule has 0 bridgehead atoms. The second-order valence-electron chi connectivity index (χ2n) is 4.65. The minimum atomic E-state index is 0.659. The molecule has 1 N–H and O–H groups in total.